The third-order valence-electron chi connectivity index (χ3n) is 5.40. The molecule has 1 fully saturated rings. The number of nitrogens with zero attached hydrogens (tertiary/aromatic N) is 6. The molecule has 0 spiro atoms. The number of aromatic nitrogens is 3. The Bertz CT molecular complexity index is 1080. The van der Waals surface area contributed by atoms with E-state index >= 15 is 0 Å². The third kappa shape index (κ3) is 2.96. The highest BCUT2D eigenvalue weighted by atomic mass is 35.5. The Hall–Kier alpha value is -2.65. The van der Waals surface area contributed by atoms with E-state index in [1.54, 1.807) is 17.0 Å². The molecule has 152 valence electrons. The van der Waals surface area contributed by atoms with Crippen LogP contribution in [-0.2, 0) is 16.1 Å². The van der Waals surface area contributed by atoms with Gasteiger partial charge in [0.1, 0.15) is 12.4 Å². The van der Waals surface area contributed by atoms with Gasteiger partial charge in [-0.25, -0.2) is 14.0 Å². The first-order valence-corrected chi connectivity index (χ1v) is 10.1. The van der Waals surface area contributed by atoms with E-state index in [0.717, 1.165) is 11.4 Å². The first-order valence-electron chi connectivity index (χ1n) is 9.68. The second kappa shape index (κ2) is 6.70. The van der Waals surface area contributed by atoms with Crippen LogP contribution in [0.25, 0.3) is 5.69 Å². The number of rotatable bonds is 2. The first kappa shape index (κ1) is 18.4. The van der Waals surface area contributed by atoms with Crippen LogP contribution < -0.4 is 10.6 Å². The molecule has 0 radical (unpaired) electrons. The number of fused-ring (bicyclic) bond motifs is 6. The van der Waals surface area contributed by atoms with Crippen LogP contribution in [0.5, 0.6) is 0 Å². The van der Waals surface area contributed by atoms with Gasteiger partial charge in [0.25, 0.3) is 0 Å². The number of morpholine rings is 1. The maximum atomic E-state index is 13.2. The van der Waals surface area contributed by atoms with E-state index in [9.17, 15) is 9.59 Å². The fourth-order valence-corrected chi connectivity index (χ4v) is 4.41. The van der Waals surface area contributed by atoms with Gasteiger partial charge in [-0.2, -0.15) is 0 Å². The third-order valence-corrected chi connectivity index (χ3v) is 5.64. The van der Waals surface area contributed by atoms with Crippen LogP contribution in [0.3, 0.4) is 0 Å². The highest BCUT2D eigenvalue weighted by Gasteiger charge is 2.35. The Balaban J connectivity index is 1.53. The minimum Gasteiger partial charge on any atom is -0.372 e. The molecule has 1 saturated heterocycles. The number of amides is 1. The van der Waals surface area contributed by atoms with Gasteiger partial charge >= 0.3 is 5.69 Å². The van der Waals surface area contributed by atoms with Crippen LogP contribution in [0, 0.1) is 0 Å². The van der Waals surface area contributed by atoms with Crippen molar-refractivity contribution >= 4 is 29.3 Å². The SMILES string of the molecule is CC1CN(C(=O)Cn2nc3n(c2=O)-c2cc(Cl)ccc2C2=NCCN23)CC(C)O1. The van der Waals surface area contributed by atoms with Crippen LogP contribution >= 0.6 is 11.6 Å². The Kier molecular flexibility index (Phi) is 4.25. The normalized spacial score (nSPS) is 22.8. The average Bonchev–Trinajstić information content (AvgIpc) is 3.26. The van der Waals surface area contributed by atoms with Crippen LogP contribution in [0.2, 0.25) is 5.02 Å². The number of halogens is 1. The van der Waals surface area contributed by atoms with Crippen molar-refractivity contribution in [1.29, 1.82) is 0 Å². The van der Waals surface area contributed by atoms with E-state index < -0.39 is 0 Å². The summed E-state index contributed by atoms with van der Waals surface area (Å²) in [5.41, 5.74) is 1.11. The van der Waals surface area contributed by atoms with Crippen molar-refractivity contribution in [2.45, 2.75) is 32.6 Å². The molecular weight excluding hydrogens is 396 g/mol. The topological polar surface area (TPSA) is 85.0 Å². The van der Waals surface area contributed by atoms with Crippen LogP contribution in [0.1, 0.15) is 19.4 Å². The number of hydrogen-bond acceptors (Lipinski definition) is 6. The number of ether oxygens (including phenoxy) is 1. The molecule has 0 saturated carbocycles. The molecular formula is C19H21ClN6O3. The molecule has 2 atom stereocenters. The number of amidine groups is 1. The van der Waals surface area contributed by atoms with Crippen LogP contribution in [0.4, 0.5) is 5.95 Å². The molecule has 4 heterocycles. The van der Waals surface area contributed by atoms with Crippen LogP contribution in [-0.4, -0.2) is 69.4 Å². The number of hydrogen-bond donors (Lipinski definition) is 0. The molecule has 0 bridgehead atoms. The molecule has 5 rings (SSSR count). The molecule has 1 aromatic carbocycles. The monoisotopic (exact) mass is 416 g/mol. The predicted octanol–water partition coefficient (Wildman–Crippen LogP) is 0.903. The van der Waals surface area contributed by atoms with E-state index in [0.29, 0.717) is 42.8 Å². The molecule has 0 aliphatic carbocycles. The number of aliphatic imine (C=N–C) groups is 1. The molecule has 2 unspecified atom stereocenters. The largest absolute Gasteiger partial charge is 0.372 e. The van der Waals surface area contributed by atoms with Crippen molar-refractivity contribution in [3.63, 3.8) is 0 Å². The lowest BCUT2D eigenvalue weighted by Crippen LogP contribution is -2.49. The first-order chi connectivity index (χ1) is 13.9. The molecule has 1 aromatic heterocycles. The van der Waals surface area contributed by atoms with Gasteiger partial charge in [0.2, 0.25) is 11.9 Å². The molecule has 1 amide bonds. The number of anilines is 1. The van der Waals surface area contributed by atoms with Crippen molar-refractivity contribution < 1.29 is 9.53 Å². The van der Waals surface area contributed by atoms with Gasteiger partial charge in [-0.1, -0.05) is 11.6 Å². The number of carbonyl (C=O) groups is 1. The molecule has 2 aromatic rings. The molecule has 3 aliphatic heterocycles. The van der Waals surface area contributed by atoms with Gasteiger partial charge < -0.3 is 9.64 Å². The standard InChI is InChI=1S/C19H21ClN6O3/c1-11-8-23(9-12(2)29-11)16(27)10-25-19(28)26-15-7-13(20)3-4-14(15)17-21-5-6-24(17)18(26)22-25/h3-4,7,11-12H,5-6,8-10H2,1-2H3. The average molecular weight is 417 g/mol. The summed E-state index contributed by atoms with van der Waals surface area (Å²) in [7, 11) is 0. The van der Waals surface area contributed by atoms with Crippen molar-refractivity contribution in [1.82, 2.24) is 19.2 Å². The van der Waals surface area contributed by atoms with E-state index in [1.165, 1.54) is 9.25 Å². The summed E-state index contributed by atoms with van der Waals surface area (Å²) in [6.07, 6.45) is -0.0703. The van der Waals surface area contributed by atoms with Gasteiger partial charge in [-0.3, -0.25) is 14.7 Å². The Morgan fingerprint density at radius 3 is 2.79 bits per heavy atom. The Morgan fingerprint density at radius 1 is 1.28 bits per heavy atom. The highest BCUT2D eigenvalue weighted by molar-refractivity contribution is 6.31. The Labute approximate surface area is 172 Å². The second-order valence-corrected chi connectivity index (χ2v) is 8.09. The summed E-state index contributed by atoms with van der Waals surface area (Å²) in [6.45, 7) is 6.04. The van der Waals surface area contributed by atoms with E-state index in [1.807, 2.05) is 24.8 Å². The van der Waals surface area contributed by atoms with Gasteiger partial charge in [-0.05, 0) is 32.0 Å². The fraction of sp³-hybridized carbons (Fsp3) is 0.474. The van der Waals surface area contributed by atoms with Gasteiger partial charge in [-0.15, -0.1) is 5.10 Å². The zero-order chi connectivity index (χ0) is 20.3. The van der Waals surface area contributed by atoms with E-state index in [4.69, 9.17) is 16.3 Å². The van der Waals surface area contributed by atoms with Gasteiger partial charge in [0.15, 0.2) is 0 Å². The predicted molar refractivity (Wildman–Crippen MR) is 108 cm³/mol. The summed E-state index contributed by atoms with van der Waals surface area (Å²) in [4.78, 5) is 34.2. The second-order valence-electron chi connectivity index (χ2n) is 7.65. The summed E-state index contributed by atoms with van der Waals surface area (Å²) in [5, 5.41) is 5.01. The number of carbonyl (C=O) groups excluding carboxylic acids is 1. The number of benzene rings is 1. The zero-order valence-electron chi connectivity index (χ0n) is 16.2. The van der Waals surface area contributed by atoms with Gasteiger partial charge in [0, 0.05) is 30.2 Å². The molecule has 0 N–H and O–H groups in total. The molecule has 10 heteroatoms. The minimum absolute atomic E-state index is 0.0352. The van der Waals surface area contributed by atoms with Crippen molar-refractivity contribution in [3.05, 3.63) is 39.3 Å². The molecule has 9 nitrogen and oxygen atoms in total. The summed E-state index contributed by atoms with van der Waals surface area (Å²) < 4.78 is 8.44. The van der Waals surface area contributed by atoms with Crippen molar-refractivity contribution in [3.8, 4) is 5.69 Å². The van der Waals surface area contributed by atoms with Crippen molar-refractivity contribution in [2.24, 2.45) is 4.99 Å². The summed E-state index contributed by atoms with van der Waals surface area (Å²) in [6, 6.07) is 5.38. The molecule has 3 aliphatic rings. The lowest BCUT2D eigenvalue weighted by molar-refractivity contribution is -0.144. The summed E-state index contributed by atoms with van der Waals surface area (Å²) in [5.74, 6) is 1.10. The van der Waals surface area contributed by atoms with E-state index in [-0.39, 0.29) is 30.3 Å². The van der Waals surface area contributed by atoms with Crippen LogP contribution in [0.15, 0.2) is 28.0 Å². The maximum absolute atomic E-state index is 13.2. The van der Waals surface area contributed by atoms with Gasteiger partial charge in [0.05, 0.1) is 24.4 Å². The quantitative estimate of drug-likeness (QED) is 0.726. The maximum Gasteiger partial charge on any atom is 0.352 e. The lowest BCUT2D eigenvalue weighted by Gasteiger charge is -2.35. The Morgan fingerprint density at radius 2 is 2.03 bits per heavy atom. The van der Waals surface area contributed by atoms with E-state index in [2.05, 4.69) is 10.1 Å². The zero-order valence-corrected chi connectivity index (χ0v) is 17.0. The summed E-state index contributed by atoms with van der Waals surface area (Å²) >= 11 is 6.19. The minimum atomic E-state index is -0.364. The molecule has 29 heavy (non-hydrogen) atoms. The smallest absolute Gasteiger partial charge is 0.352 e. The fourth-order valence-electron chi connectivity index (χ4n) is 4.25. The lowest BCUT2D eigenvalue weighted by atomic mass is 10.1. The highest BCUT2D eigenvalue weighted by Crippen LogP contribution is 2.31. The van der Waals surface area contributed by atoms with Crippen molar-refractivity contribution in [2.75, 3.05) is 31.1 Å².